The molecule has 0 aliphatic carbocycles. The van der Waals surface area contributed by atoms with E-state index < -0.39 is 23.4 Å². The van der Waals surface area contributed by atoms with Crippen LogP contribution in [0.3, 0.4) is 0 Å². The molecule has 0 bridgehead atoms. The van der Waals surface area contributed by atoms with Crippen molar-refractivity contribution < 1.29 is 18.7 Å². The predicted octanol–water partition coefficient (Wildman–Crippen LogP) is 5.84. The summed E-state index contributed by atoms with van der Waals surface area (Å²) < 4.78 is 19.3. The molecule has 5 aromatic rings. The minimum absolute atomic E-state index is 0.119. The van der Waals surface area contributed by atoms with E-state index in [9.17, 15) is 14.0 Å². The molecule has 1 unspecified atom stereocenters. The fourth-order valence-electron chi connectivity index (χ4n) is 4.62. The lowest BCUT2D eigenvalue weighted by Gasteiger charge is -2.26. The number of ether oxygens (including phenoxy) is 1. The lowest BCUT2D eigenvalue weighted by atomic mass is 9.97. The molecule has 0 saturated heterocycles. The number of H-pyrrole nitrogens is 1. The molecule has 0 saturated carbocycles. The number of nitrogens with one attached hydrogen (secondary N) is 1. The van der Waals surface area contributed by atoms with Crippen LogP contribution in [0.25, 0.3) is 33.4 Å². The van der Waals surface area contributed by atoms with Crippen molar-refractivity contribution in [3.05, 3.63) is 103 Å². The Balaban J connectivity index is 1.54. The number of aromatic nitrogens is 3. The van der Waals surface area contributed by atoms with Gasteiger partial charge in [-0.05, 0) is 92.4 Å². The molecule has 0 spiro atoms. The third-order valence-corrected chi connectivity index (χ3v) is 6.50. The van der Waals surface area contributed by atoms with E-state index in [0.29, 0.717) is 5.65 Å². The summed E-state index contributed by atoms with van der Waals surface area (Å²) in [4.78, 5) is 38.9. The topological polar surface area (TPSA) is 114 Å². The Bertz CT molecular complexity index is 1680. The Hall–Kier alpha value is -4.89. The maximum atomic E-state index is 13.7. The second kappa shape index (κ2) is 11.3. The number of hydrogen-bond donors (Lipinski definition) is 2. The number of pyridine rings is 2. The molecule has 2 aromatic carbocycles. The predicted molar refractivity (Wildman–Crippen MR) is 156 cm³/mol. The quantitative estimate of drug-likeness (QED) is 0.0864. The van der Waals surface area contributed by atoms with Crippen LogP contribution in [-0.4, -0.2) is 32.4 Å². The van der Waals surface area contributed by atoms with Crippen molar-refractivity contribution >= 4 is 28.7 Å². The van der Waals surface area contributed by atoms with Gasteiger partial charge in [-0.15, -0.1) is 0 Å². The smallest absolute Gasteiger partial charge is 0.319 e. The number of aromatic amines is 1. The normalized spacial score (nSPS) is 12.2. The van der Waals surface area contributed by atoms with Gasteiger partial charge in [0, 0.05) is 23.3 Å². The average molecular weight is 552 g/mol. The third-order valence-electron chi connectivity index (χ3n) is 6.50. The molecule has 8 nitrogen and oxygen atoms in total. The van der Waals surface area contributed by atoms with E-state index in [-0.39, 0.29) is 18.1 Å². The number of rotatable bonds is 7. The van der Waals surface area contributed by atoms with Gasteiger partial charge in [-0.25, -0.2) is 20.2 Å². The van der Waals surface area contributed by atoms with E-state index in [1.165, 1.54) is 12.1 Å². The van der Waals surface area contributed by atoms with Gasteiger partial charge < -0.3 is 9.72 Å². The standard InChI is InChI=1S/C32H30FN5O3/c1-32(2,3)41-31(40)25(19-20-7-5-4-6-8-20)30(39)38(34)26-14-13-24-27(21-15-17-35-18-16-21)28(37-29(24)36-26)22-9-11-23(33)12-10-22/h4-18,25H,19,34H2,1-3H3,(H,36,37). The van der Waals surface area contributed by atoms with Crippen molar-refractivity contribution in [2.24, 2.45) is 11.8 Å². The van der Waals surface area contributed by atoms with Crippen molar-refractivity contribution in [2.75, 3.05) is 5.01 Å². The molecule has 5 rings (SSSR count). The molecule has 3 heterocycles. The second-order valence-electron chi connectivity index (χ2n) is 10.7. The van der Waals surface area contributed by atoms with E-state index in [2.05, 4.69) is 15.0 Å². The van der Waals surface area contributed by atoms with Gasteiger partial charge in [0.2, 0.25) is 0 Å². The monoisotopic (exact) mass is 551 g/mol. The molecule has 208 valence electrons. The van der Waals surface area contributed by atoms with Crippen LogP contribution in [0.15, 0.2) is 91.3 Å². The first-order chi connectivity index (χ1) is 19.6. The number of halogens is 1. The molecule has 0 aliphatic rings. The number of carbonyl (C=O) groups excluding carboxylic acids is 2. The Morgan fingerprint density at radius 1 is 0.951 bits per heavy atom. The molecule has 0 aliphatic heterocycles. The highest BCUT2D eigenvalue weighted by molar-refractivity contribution is 6.07. The molecule has 1 atom stereocenters. The summed E-state index contributed by atoms with van der Waals surface area (Å²) in [5.41, 5.74) is 3.69. The van der Waals surface area contributed by atoms with Gasteiger partial charge in [0.15, 0.2) is 5.82 Å². The summed E-state index contributed by atoms with van der Waals surface area (Å²) in [7, 11) is 0. The second-order valence-corrected chi connectivity index (χ2v) is 10.7. The van der Waals surface area contributed by atoms with Gasteiger partial charge in [0.05, 0.1) is 5.69 Å². The van der Waals surface area contributed by atoms with Gasteiger partial charge in [-0.1, -0.05) is 30.3 Å². The molecule has 3 N–H and O–H groups in total. The maximum Gasteiger partial charge on any atom is 0.319 e. The number of hydrogen-bond acceptors (Lipinski definition) is 6. The maximum absolute atomic E-state index is 13.7. The Morgan fingerprint density at radius 3 is 2.29 bits per heavy atom. The number of carbonyl (C=O) groups is 2. The minimum atomic E-state index is -1.18. The molecular weight excluding hydrogens is 521 g/mol. The van der Waals surface area contributed by atoms with Gasteiger partial charge >= 0.3 is 5.97 Å². The zero-order chi connectivity index (χ0) is 29.1. The van der Waals surface area contributed by atoms with Crippen molar-refractivity contribution in [1.29, 1.82) is 0 Å². The highest BCUT2D eigenvalue weighted by Crippen LogP contribution is 2.38. The fourth-order valence-corrected chi connectivity index (χ4v) is 4.62. The SMILES string of the molecule is CC(C)(C)OC(=O)C(Cc1ccccc1)C(=O)N(N)c1ccc2c(-c3ccncc3)c(-c3ccc(F)cc3)[nH]c2n1. The lowest BCUT2D eigenvalue weighted by Crippen LogP contribution is -2.47. The largest absolute Gasteiger partial charge is 0.459 e. The number of amides is 1. The van der Waals surface area contributed by atoms with Gasteiger partial charge in [-0.2, -0.15) is 0 Å². The van der Waals surface area contributed by atoms with Crippen LogP contribution < -0.4 is 10.9 Å². The minimum Gasteiger partial charge on any atom is -0.459 e. The number of benzene rings is 2. The summed E-state index contributed by atoms with van der Waals surface area (Å²) in [6, 6.07) is 22.5. The van der Waals surface area contributed by atoms with E-state index in [1.807, 2.05) is 48.5 Å². The Morgan fingerprint density at radius 2 is 1.63 bits per heavy atom. The summed E-state index contributed by atoms with van der Waals surface area (Å²) in [6.45, 7) is 5.24. The molecule has 9 heteroatoms. The zero-order valence-electron chi connectivity index (χ0n) is 23.0. The number of esters is 1. The van der Waals surface area contributed by atoms with Crippen LogP contribution in [0.2, 0.25) is 0 Å². The molecule has 0 radical (unpaired) electrons. The number of hydrazine groups is 1. The summed E-state index contributed by atoms with van der Waals surface area (Å²) in [5.74, 6) is 3.64. The Kier molecular flexibility index (Phi) is 7.63. The van der Waals surface area contributed by atoms with E-state index in [0.717, 1.165) is 38.3 Å². The van der Waals surface area contributed by atoms with Gasteiger partial charge in [-0.3, -0.25) is 14.6 Å². The van der Waals surface area contributed by atoms with Crippen LogP contribution >= 0.6 is 0 Å². The number of nitrogens with two attached hydrogens (primary N) is 1. The van der Waals surface area contributed by atoms with Crippen molar-refractivity contribution in [2.45, 2.75) is 32.8 Å². The molecular formula is C32H30FN5O3. The summed E-state index contributed by atoms with van der Waals surface area (Å²) in [6.07, 6.45) is 3.50. The molecule has 3 aromatic heterocycles. The van der Waals surface area contributed by atoms with Crippen LogP contribution in [-0.2, 0) is 20.7 Å². The number of nitrogens with zero attached hydrogens (tertiary/aromatic N) is 3. The third kappa shape index (κ3) is 6.15. The van der Waals surface area contributed by atoms with E-state index in [1.54, 1.807) is 51.4 Å². The first kappa shape index (κ1) is 27.7. The lowest BCUT2D eigenvalue weighted by molar-refractivity contribution is -0.162. The summed E-state index contributed by atoms with van der Waals surface area (Å²) in [5, 5.41) is 1.66. The van der Waals surface area contributed by atoms with Crippen LogP contribution in [0, 0.1) is 11.7 Å². The van der Waals surface area contributed by atoms with Crippen molar-refractivity contribution in [3.63, 3.8) is 0 Å². The van der Waals surface area contributed by atoms with E-state index in [4.69, 9.17) is 10.6 Å². The first-order valence-corrected chi connectivity index (χ1v) is 13.2. The van der Waals surface area contributed by atoms with Gasteiger partial charge in [0.1, 0.15) is 23.0 Å². The van der Waals surface area contributed by atoms with Crippen LogP contribution in [0.4, 0.5) is 10.2 Å². The molecule has 1 amide bonds. The number of anilines is 1. The fraction of sp³-hybridized carbons (Fsp3) is 0.188. The average Bonchev–Trinajstić information content (AvgIpc) is 3.34. The Labute approximate surface area is 237 Å². The highest BCUT2D eigenvalue weighted by atomic mass is 19.1. The van der Waals surface area contributed by atoms with Crippen molar-refractivity contribution in [3.8, 4) is 22.4 Å². The zero-order valence-corrected chi connectivity index (χ0v) is 23.0. The highest BCUT2D eigenvalue weighted by Gasteiger charge is 2.35. The first-order valence-electron chi connectivity index (χ1n) is 13.2. The summed E-state index contributed by atoms with van der Waals surface area (Å²) >= 11 is 0. The van der Waals surface area contributed by atoms with Crippen molar-refractivity contribution in [1.82, 2.24) is 15.0 Å². The van der Waals surface area contributed by atoms with E-state index >= 15 is 0 Å². The number of fused-ring (bicyclic) bond motifs is 1. The molecule has 0 fully saturated rings. The van der Waals surface area contributed by atoms with Crippen LogP contribution in [0.5, 0.6) is 0 Å². The van der Waals surface area contributed by atoms with Gasteiger partial charge in [0.25, 0.3) is 5.91 Å². The molecule has 41 heavy (non-hydrogen) atoms. The van der Waals surface area contributed by atoms with Crippen LogP contribution in [0.1, 0.15) is 26.3 Å².